The fourth-order valence-electron chi connectivity index (χ4n) is 6.70. The molecule has 0 aromatic heterocycles. The fourth-order valence-corrected chi connectivity index (χ4v) is 6.70. The zero-order valence-corrected chi connectivity index (χ0v) is 16.0. The van der Waals surface area contributed by atoms with Gasteiger partial charge in [-0.25, -0.2) is 0 Å². The first-order valence-electron chi connectivity index (χ1n) is 10.0. The van der Waals surface area contributed by atoms with Crippen molar-refractivity contribution in [2.75, 3.05) is 0 Å². The standard InChI is InChI=1S/C23H30O3/c1-4-10-23(26)20(25)12-19-18-8-6-15-11-16(24)7-9-17(15)21(18)14(5-2)13-22(19,23)3/h7,9,11,14,18-21,24-26H,5-6,8,12-13H2,1-3H3/t14-,18-,19-,20+,21+,22-,23-/m0/s1. The molecule has 2 fully saturated rings. The van der Waals surface area contributed by atoms with E-state index in [-0.39, 0.29) is 11.3 Å². The monoisotopic (exact) mass is 354 g/mol. The molecule has 4 rings (SSSR count). The van der Waals surface area contributed by atoms with E-state index >= 15 is 0 Å². The van der Waals surface area contributed by atoms with Crippen LogP contribution in [-0.2, 0) is 6.42 Å². The van der Waals surface area contributed by atoms with E-state index in [0.717, 1.165) is 25.7 Å². The van der Waals surface area contributed by atoms with Crippen LogP contribution in [0.25, 0.3) is 0 Å². The second-order valence-corrected chi connectivity index (χ2v) is 8.90. The maximum Gasteiger partial charge on any atom is 0.156 e. The van der Waals surface area contributed by atoms with Gasteiger partial charge >= 0.3 is 0 Å². The number of hydrogen-bond acceptors (Lipinski definition) is 3. The maximum absolute atomic E-state index is 11.4. The van der Waals surface area contributed by atoms with Crippen molar-refractivity contribution in [2.24, 2.45) is 23.2 Å². The Labute approximate surface area is 156 Å². The average Bonchev–Trinajstić information content (AvgIpc) is 2.81. The molecule has 0 spiro atoms. The van der Waals surface area contributed by atoms with Gasteiger partial charge in [0.05, 0.1) is 6.10 Å². The summed E-state index contributed by atoms with van der Waals surface area (Å²) >= 11 is 0. The second-order valence-electron chi connectivity index (χ2n) is 8.90. The van der Waals surface area contributed by atoms with Crippen molar-refractivity contribution in [1.82, 2.24) is 0 Å². The molecule has 3 aliphatic carbocycles. The van der Waals surface area contributed by atoms with E-state index < -0.39 is 11.7 Å². The highest BCUT2D eigenvalue weighted by molar-refractivity contribution is 5.41. The summed E-state index contributed by atoms with van der Waals surface area (Å²) in [7, 11) is 0. The highest BCUT2D eigenvalue weighted by Gasteiger charge is 2.66. The molecule has 1 aromatic carbocycles. The topological polar surface area (TPSA) is 60.7 Å². The van der Waals surface area contributed by atoms with Crippen LogP contribution in [0.15, 0.2) is 18.2 Å². The Kier molecular flexibility index (Phi) is 4.13. The van der Waals surface area contributed by atoms with Gasteiger partial charge in [0, 0.05) is 5.41 Å². The molecule has 2 saturated carbocycles. The third kappa shape index (κ3) is 2.22. The quantitative estimate of drug-likeness (QED) is 0.675. The van der Waals surface area contributed by atoms with Crippen LogP contribution in [-0.4, -0.2) is 27.0 Å². The summed E-state index contributed by atoms with van der Waals surface area (Å²) in [4.78, 5) is 0. The predicted molar refractivity (Wildman–Crippen MR) is 102 cm³/mol. The summed E-state index contributed by atoms with van der Waals surface area (Å²) in [5, 5.41) is 32.0. The van der Waals surface area contributed by atoms with Crippen molar-refractivity contribution < 1.29 is 15.3 Å². The Hall–Kier alpha value is -1.50. The molecule has 0 radical (unpaired) electrons. The van der Waals surface area contributed by atoms with Gasteiger partial charge in [-0.15, -0.1) is 5.92 Å². The number of rotatable bonds is 1. The zero-order valence-electron chi connectivity index (χ0n) is 16.0. The van der Waals surface area contributed by atoms with E-state index in [1.54, 1.807) is 6.92 Å². The van der Waals surface area contributed by atoms with Gasteiger partial charge in [-0.3, -0.25) is 0 Å². The molecule has 26 heavy (non-hydrogen) atoms. The molecule has 0 amide bonds. The number of fused-ring (bicyclic) bond motifs is 5. The van der Waals surface area contributed by atoms with Crippen molar-refractivity contribution in [1.29, 1.82) is 0 Å². The third-order valence-electron chi connectivity index (χ3n) is 7.89. The first-order chi connectivity index (χ1) is 12.4. The fraction of sp³-hybridized carbons (Fsp3) is 0.652. The van der Waals surface area contributed by atoms with E-state index in [1.165, 1.54) is 11.1 Å². The summed E-state index contributed by atoms with van der Waals surface area (Å²) < 4.78 is 0. The third-order valence-corrected chi connectivity index (χ3v) is 7.89. The summed E-state index contributed by atoms with van der Waals surface area (Å²) in [6.45, 7) is 6.13. The molecule has 0 aliphatic heterocycles. The molecule has 0 saturated heterocycles. The van der Waals surface area contributed by atoms with Crippen LogP contribution in [0.4, 0.5) is 0 Å². The zero-order chi connectivity index (χ0) is 18.7. The Bertz CT molecular complexity index is 775. The van der Waals surface area contributed by atoms with Gasteiger partial charge in [0.15, 0.2) is 5.60 Å². The minimum Gasteiger partial charge on any atom is -0.508 e. The molecule has 3 heteroatoms. The van der Waals surface area contributed by atoms with E-state index in [4.69, 9.17) is 0 Å². The number of aliphatic hydroxyl groups excluding tert-OH is 1. The average molecular weight is 354 g/mol. The second kappa shape index (κ2) is 6.01. The Morgan fingerprint density at radius 1 is 1.31 bits per heavy atom. The lowest BCUT2D eigenvalue weighted by Crippen LogP contribution is -2.55. The minimum atomic E-state index is -1.31. The van der Waals surface area contributed by atoms with Gasteiger partial charge in [0.1, 0.15) is 5.75 Å². The maximum atomic E-state index is 11.4. The predicted octanol–water partition coefficient (Wildman–Crippen LogP) is 3.61. The van der Waals surface area contributed by atoms with Crippen molar-refractivity contribution in [3.63, 3.8) is 0 Å². The molecular weight excluding hydrogens is 324 g/mol. The van der Waals surface area contributed by atoms with Crippen LogP contribution in [0.5, 0.6) is 5.75 Å². The van der Waals surface area contributed by atoms with Gasteiger partial charge in [0.2, 0.25) is 0 Å². The molecule has 0 bridgehead atoms. The lowest BCUT2D eigenvalue weighted by atomic mass is 9.49. The number of benzene rings is 1. The van der Waals surface area contributed by atoms with Crippen LogP contribution in [0, 0.1) is 35.0 Å². The Morgan fingerprint density at radius 2 is 2.08 bits per heavy atom. The molecule has 0 heterocycles. The molecule has 7 atom stereocenters. The van der Waals surface area contributed by atoms with E-state index in [2.05, 4.69) is 31.8 Å². The van der Waals surface area contributed by atoms with Crippen LogP contribution in [0.2, 0.25) is 0 Å². The van der Waals surface area contributed by atoms with Gasteiger partial charge in [-0.05, 0) is 79.5 Å². The minimum absolute atomic E-state index is 0.276. The van der Waals surface area contributed by atoms with Crippen molar-refractivity contribution >= 4 is 0 Å². The van der Waals surface area contributed by atoms with Crippen LogP contribution >= 0.6 is 0 Å². The lowest BCUT2D eigenvalue weighted by molar-refractivity contribution is -0.113. The largest absolute Gasteiger partial charge is 0.508 e. The Balaban J connectivity index is 1.81. The number of hydrogen-bond donors (Lipinski definition) is 3. The van der Waals surface area contributed by atoms with E-state index in [9.17, 15) is 15.3 Å². The first-order valence-corrected chi connectivity index (χ1v) is 10.0. The number of phenols is 1. The lowest BCUT2D eigenvalue weighted by Gasteiger charge is -2.55. The van der Waals surface area contributed by atoms with Crippen molar-refractivity contribution in [3.8, 4) is 17.6 Å². The molecule has 3 N–H and O–H groups in total. The molecule has 1 aromatic rings. The SMILES string of the molecule is CC#C[C@]1(O)[C@H](O)C[C@H]2[C@@H]3CCc4cc(O)ccc4[C@H]3[C@@H](CC)C[C@@]21C. The number of aryl methyl sites for hydroxylation is 1. The molecule has 3 aliphatic rings. The van der Waals surface area contributed by atoms with Crippen LogP contribution in [0.1, 0.15) is 63.5 Å². The van der Waals surface area contributed by atoms with Crippen molar-refractivity contribution in [2.45, 2.75) is 70.5 Å². The van der Waals surface area contributed by atoms with E-state index in [0.29, 0.717) is 29.9 Å². The van der Waals surface area contributed by atoms with Gasteiger partial charge in [0.25, 0.3) is 0 Å². The summed E-state index contributed by atoms with van der Waals surface area (Å²) in [6, 6.07) is 5.84. The highest BCUT2D eigenvalue weighted by atomic mass is 16.3. The number of aromatic hydroxyl groups is 1. The number of phenolic OH excluding ortho intramolecular Hbond substituents is 1. The number of aliphatic hydroxyl groups is 2. The van der Waals surface area contributed by atoms with E-state index in [1.807, 2.05) is 12.1 Å². The summed E-state index contributed by atoms with van der Waals surface area (Å²) in [5.41, 5.74) is 0.973. The summed E-state index contributed by atoms with van der Waals surface area (Å²) in [5.74, 6) is 7.87. The Morgan fingerprint density at radius 3 is 2.77 bits per heavy atom. The molecule has 0 unspecified atom stereocenters. The summed E-state index contributed by atoms with van der Waals surface area (Å²) in [6.07, 6.45) is 3.81. The van der Waals surface area contributed by atoms with Gasteiger partial charge < -0.3 is 15.3 Å². The molecule has 3 nitrogen and oxygen atoms in total. The van der Waals surface area contributed by atoms with Gasteiger partial charge in [-0.1, -0.05) is 32.3 Å². The molecular formula is C23H30O3. The highest BCUT2D eigenvalue weighted by Crippen LogP contribution is 2.66. The normalized spacial score (nSPS) is 43.7. The van der Waals surface area contributed by atoms with Crippen LogP contribution < -0.4 is 0 Å². The first kappa shape index (κ1) is 17.9. The molecule has 140 valence electrons. The van der Waals surface area contributed by atoms with Crippen LogP contribution in [0.3, 0.4) is 0 Å². The van der Waals surface area contributed by atoms with Gasteiger partial charge in [-0.2, -0.15) is 0 Å². The smallest absolute Gasteiger partial charge is 0.156 e. The van der Waals surface area contributed by atoms with Crippen molar-refractivity contribution in [3.05, 3.63) is 29.3 Å².